The summed E-state index contributed by atoms with van der Waals surface area (Å²) in [6, 6.07) is 4.29. The van der Waals surface area contributed by atoms with Gasteiger partial charge in [0.1, 0.15) is 18.4 Å². The molecular weight excluding hydrogens is 284 g/mol. The van der Waals surface area contributed by atoms with E-state index in [2.05, 4.69) is 10.1 Å². The van der Waals surface area contributed by atoms with E-state index in [-0.39, 0.29) is 13.0 Å². The molecule has 6 nitrogen and oxygen atoms in total. The number of hydrogen-bond donors (Lipinski definition) is 2. The highest BCUT2D eigenvalue weighted by Gasteiger charge is 2.19. The summed E-state index contributed by atoms with van der Waals surface area (Å²) in [7, 11) is 2.90. The Morgan fingerprint density at radius 1 is 1.40 bits per heavy atom. The van der Waals surface area contributed by atoms with E-state index in [0.29, 0.717) is 10.8 Å². The van der Waals surface area contributed by atoms with Gasteiger partial charge >= 0.3 is 0 Å². The predicted octanol–water partition coefficient (Wildman–Crippen LogP) is 0.508. The minimum atomic E-state index is -0.817. The number of hydrogen-bond acceptors (Lipinski definition) is 4. The van der Waals surface area contributed by atoms with Crippen LogP contribution in [0.1, 0.15) is 5.56 Å². The lowest BCUT2D eigenvalue weighted by atomic mass is 10.1. The van der Waals surface area contributed by atoms with Crippen molar-refractivity contribution < 1.29 is 19.1 Å². The largest absolute Gasteiger partial charge is 0.495 e. The van der Waals surface area contributed by atoms with Crippen molar-refractivity contribution in [2.24, 2.45) is 5.73 Å². The van der Waals surface area contributed by atoms with Gasteiger partial charge in [-0.05, 0) is 17.7 Å². The highest BCUT2D eigenvalue weighted by Crippen LogP contribution is 2.25. The molecule has 0 unspecified atom stereocenters. The Labute approximate surface area is 122 Å². The number of nitrogens with two attached hydrogens (primary N) is 1. The Kier molecular flexibility index (Phi) is 6.27. The number of methoxy groups -OCH3 is 2. The number of carbonyl (C=O) groups is 2. The SMILES string of the molecule is COCC(=O)N[C@@H](Cc1ccc(OC)c(Cl)c1)C(N)=O. The molecule has 0 radical (unpaired) electrons. The highest BCUT2D eigenvalue weighted by molar-refractivity contribution is 6.32. The number of rotatable bonds is 7. The molecule has 0 fully saturated rings. The van der Waals surface area contributed by atoms with Crippen LogP contribution in [0.25, 0.3) is 0 Å². The molecule has 1 aromatic rings. The Balaban J connectivity index is 2.78. The van der Waals surface area contributed by atoms with Gasteiger partial charge in [-0.1, -0.05) is 17.7 Å². The maximum Gasteiger partial charge on any atom is 0.246 e. The first-order valence-electron chi connectivity index (χ1n) is 5.88. The Morgan fingerprint density at radius 3 is 2.60 bits per heavy atom. The van der Waals surface area contributed by atoms with Crippen molar-refractivity contribution in [3.05, 3.63) is 28.8 Å². The van der Waals surface area contributed by atoms with Gasteiger partial charge in [0.05, 0.1) is 12.1 Å². The van der Waals surface area contributed by atoms with E-state index in [1.807, 2.05) is 0 Å². The van der Waals surface area contributed by atoms with E-state index >= 15 is 0 Å². The zero-order chi connectivity index (χ0) is 15.1. The third kappa shape index (κ3) is 4.71. The van der Waals surface area contributed by atoms with Gasteiger partial charge < -0.3 is 20.5 Å². The zero-order valence-corrected chi connectivity index (χ0v) is 12.1. The number of amides is 2. The molecule has 0 aliphatic carbocycles. The maximum absolute atomic E-state index is 11.4. The highest BCUT2D eigenvalue weighted by atomic mass is 35.5. The summed E-state index contributed by atoms with van der Waals surface area (Å²) in [5.74, 6) is -0.494. The molecule has 1 aromatic carbocycles. The van der Waals surface area contributed by atoms with Crippen molar-refractivity contribution in [3.63, 3.8) is 0 Å². The molecule has 0 aliphatic heterocycles. The molecule has 2 amide bonds. The molecule has 0 heterocycles. The topological polar surface area (TPSA) is 90.7 Å². The van der Waals surface area contributed by atoms with E-state index < -0.39 is 17.9 Å². The summed E-state index contributed by atoms with van der Waals surface area (Å²) < 4.78 is 9.72. The molecule has 0 aliphatic rings. The molecule has 1 rings (SSSR count). The fourth-order valence-electron chi connectivity index (χ4n) is 1.66. The second-order valence-corrected chi connectivity index (χ2v) is 4.54. The Hall–Kier alpha value is -1.79. The Bertz CT molecular complexity index is 493. The standard InChI is InChI=1S/C13H17ClN2O4/c1-19-7-12(17)16-10(13(15)18)6-8-3-4-11(20-2)9(14)5-8/h3-5,10H,6-7H2,1-2H3,(H2,15,18)(H,16,17)/t10-/m0/s1. The van der Waals surface area contributed by atoms with Crippen LogP contribution in [0.15, 0.2) is 18.2 Å². The quantitative estimate of drug-likeness (QED) is 0.767. The van der Waals surface area contributed by atoms with Crippen LogP contribution in [0, 0.1) is 0 Å². The van der Waals surface area contributed by atoms with Crippen LogP contribution in [0.3, 0.4) is 0 Å². The summed E-state index contributed by atoms with van der Waals surface area (Å²) in [5.41, 5.74) is 6.03. The summed E-state index contributed by atoms with van der Waals surface area (Å²) in [4.78, 5) is 22.8. The third-order valence-corrected chi connectivity index (χ3v) is 2.91. The van der Waals surface area contributed by atoms with Crippen LogP contribution in [-0.4, -0.2) is 38.7 Å². The van der Waals surface area contributed by atoms with E-state index in [0.717, 1.165) is 5.56 Å². The smallest absolute Gasteiger partial charge is 0.246 e. The zero-order valence-electron chi connectivity index (χ0n) is 11.3. The van der Waals surface area contributed by atoms with Gasteiger partial charge in [0.2, 0.25) is 11.8 Å². The van der Waals surface area contributed by atoms with Crippen molar-refractivity contribution in [2.45, 2.75) is 12.5 Å². The summed E-state index contributed by atoms with van der Waals surface area (Å²) in [6.07, 6.45) is 0.245. The first-order valence-corrected chi connectivity index (χ1v) is 6.25. The average molecular weight is 301 g/mol. The minimum absolute atomic E-state index is 0.132. The number of carbonyl (C=O) groups excluding carboxylic acids is 2. The van der Waals surface area contributed by atoms with Crippen LogP contribution in [0.2, 0.25) is 5.02 Å². The predicted molar refractivity (Wildman–Crippen MR) is 74.7 cm³/mol. The normalized spacial score (nSPS) is 11.8. The molecule has 0 saturated heterocycles. The second kappa shape index (κ2) is 7.72. The van der Waals surface area contributed by atoms with Crippen molar-refractivity contribution >= 4 is 23.4 Å². The van der Waals surface area contributed by atoms with Gasteiger partial charge in [-0.15, -0.1) is 0 Å². The second-order valence-electron chi connectivity index (χ2n) is 4.13. The molecule has 1 atom stereocenters. The maximum atomic E-state index is 11.4. The lowest BCUT2D eigenvalue weighted by Crippen LogP contribution is -2.46. The molecule has 3 N–H and O–H groups in total. The first-order chi connectivity index (χ1) is 9.47. The number of ether oxygens (including phenoxy) is 2. The molecule has 0 aromatic heterocycles. The lowest BCUT2D eigenvalue weighted by molar-refractivity contribution is -0.129. The van der Waals surface area contributed by atoms with E-state index in [1.54, 1.807) is 18.2 Å². The summed E-state index contributed by atoms with van der Waals surface area (Å²) in [6.45, 7) is -0.132. The fourth-order valence-corrected chi connectivity index (χ4v) is 1.94. The number of halogens is 1. The minimum Gasteiger partial charge on any atom is -0.495 e. The van der Waals surface area contributed by atoms with Crippen LogP contribution >= 0.6 is 11.6 Å². The molecule has 20 heavy (non-hydrogen) atoms. The van der Waals surface area contributed by atoms with E-state index in [9.17, 15) is 9.59 Å². The third-order valence-electron chi connectivity index (χ3n) is 2.61. The first kappa shape index (κ1) is 16.3. The molecule has 0 bridgehead atoms. The molecular formula is C13H17ClN2O4. The van der Waals surface area contributed by atoms with Gasteiger partial charge in [-0.2, -0.15) is 0 Å². The molecule has 0 saturated carbocycles. The summed E-state index contributed by atoms with van der Waals surface area (Å²) >= 11 is 6.00. The van der Waals surface area contributed by atoms with Crippen molar-refractivity contribution in [3.8, 4) is 5.75 Å². The number of nitrogens with one attached hydrogen (secondary N) is 1. The fraction of sp³-hybridized carbons (Fsp3) is 0.385. The number of benzene rings is 1. The van der Waals surface area contributed by atoms with E-state index in [4.69, 9.17) is 22.1 Å². The molecule has 7 heteroatoms. The van der Waals surface area contributed by atoms with Crippen LogP contribution in [0.4, 0.5) is 0 Å². The van der Waals surface area contributed by atoms with Crippen LogP contribution < -0.4 is 15.8 Å². The van der Waals surface area contributed by atoms with Crippen molar-refractivity contribution in [1.82, 2.24) is 5.32 Å². The van der Waals surface area contributed by atoms with Gasteiger partial charge in [-0.25, -0.2) is 0 Å². The monoisotopic (exact) mass is 300 g/mol. The van der Waals surface area contributed by atoms with Crippen LogP contribution in [-0.2, 0) is 20.7 Å². The van der Waals surface area contributed by atoms with Gasteiger partial charge in [-0.3, -0.25) is 9.59 Å². The molecule has 110 valence electrons. The Morgan fingerprint density at radius 2 is 2.10 bits per heavy atom. The van der Waals surface area contributed by atoms with Crippen molar-refractivity contribution in [1.29, 1.82) is 0 Å². The van der Waals surface area contributed by atoms with E-state index in [1.165, 1.54) is 14.2 Å². The lowest BCUT2D eigenvalue weighted by Gasteiger charge is -2.16. The van der Waals surface area contributed by atoms with Gasteiger partial charge in [0, 0.05) is 13.5 Å². The number of primary amides is 1. The van der Waals surface area contributed by atoms with Gasteiger partial charge in [0.25, 0.3) is 0 Å². The summed E-state index contributed by atoms with van der Waals surface area (Å²) in [5, 5.41) is 2.93. The van der Waals surface area contributed by atoms with Crippen LogP contribution in [0.5, 0.6) is 5.75 Å². The molecule has 0 spiro atoms. The van der Waals surface area contributed by atoms with Gasteiger partial charge in [0.15, 0.2) is 0 Å². The average Bonchev–Trinajstić information content (AvgIpc) is 2.38. The van der Waals surface area contributed by atoms with Crippen molar-refractivity contribution in [2.75, 3.05) is 20.8 Å².